The number of rotatable bonds is 4. The second kappa shape index (κ2) is 6.36. The molecule has 0 aliphatic carbocycles. The van der Waals surface area contributed by atoms with E-state index < -0.39 is 12.6 Å². The summed E-state index contributed by atoms with van der Waals surface area (Å²) < 4.78 is 39.7. The molecule has 1 unspecified atom stereocenters. The lowest BCUT2D eigenvalue weighted by Crippen LogP contribution is -2.17. The summed E-state index contributed by atoms with van der Waals surface area (Å²) in [5, 5.41) is 17.3. The zero-order valence-corrected chi connectivity index (χ0v) is 10.7. The van der Waals surface area contributed by atoms with Crippen LogP contribution in [0.3, 0.4) is 0 Å². The molecule has 2 aromatic carbocycles. The Morgan fingerprint density at radius 2 is 1.57 bits per heavy atom. The Morgan fingerprint density at radius 1 is 0.952 bits per heavy atom. The van der Waals surface area contributed by atoms with Gasteiger partial charge in [0.15, 0.2) is 6.23 Å². The summed E-state index contributed by atoms with van der Waals surface area (Å²) in [5.74, 6) is -0.363. The summed E-state index contributed by atoms with van der Waals surface area (Å²) in [6, 6.07) is 13.5. The normalized spacial score (nSPS) is 13.3. The molecule has 4 nitrogen and oxygen atoms in total. The van der Waals surface area contributed by atoms with Crippen molar-refractivity contribution in [3.8, 4) is 5.75 Å². The molecule has 0 radical (unpaired) electrons. The van der Waals surface area contributed by atoms with E-state index in [4.69, 9.17) is 0 Å². The first-order valence-electron chi connectivity index (χ1n) is 5.94. The van der Waals surface area contributed by atoms with E-state index in [9.17, 15) is 18.3 Å². The molecule has 1 N–H and O–H groups in total. The van der Waals surface area contributed by atoms with Crippen LogP contribution in [0.15, 0.2) is 64.8 Å². The van der Waals surface area contributed by atoms with Crippen molar-refractivity contribution in [2.24, 2.45) is 10.2 Å². The molecule has 1 atom stereocenters. The minimum atomic E-state index is -4.74. The maximum Gasteiger partial charge on any atom is 0.573 e. The van der Waals surface area contributed by atoms with Gasteiger partial charge in [-0.25, -0.2) is 0 Å². The number of azo groups is 1. The van der Waals surface area contributed by atoms with E-state index in [1.807, 2.05) is 6.07 Å². The topological polar surface area (TPSA) is 54.2 Å². The van der Waals surface area contributed by atoms with Gasteiger partial charge in [0.25, 0.3) is 0 Å². The van der Waals surface area contributed by atoms with E-state index in [1.54, 1.807) is 24.3 Å². The van der Waals surface area contributed by atoms with E-state index in [0.717, 1.165) is 12.1 Å². The first kappa shape index (κ1) is 15.0. The Balaban J connectivity index is 2.03. The van der Waals surface area contributed by atoms with Crippen molar-refractivity contribution in [2.45, 2.75) is 12.6 Å². The third kappa shape index (κ3) is 4.88. The zero-order chi connectivity index (χ0) is 15.3. The van der Waals surface area contributed by atoms with Gasteiger partial charge in [-0.1, -0.05) is 30.3 Å². The second-order valence-electron chi connectivity index (χ2n) is 4.04. The molecule has 0 saturated carbocycles. The summed E-state index contributed by atoms with van der Waals surface area (Å²) in [4.78, 5) is 0. The van der Waals surface area contributed by atoms with Gasteiger partial charge in [-0.05, 0) is 24.3 Å². The number of halogens is 3. The van der Waals surface area contributed by atoms with Crippen LogP contribution in [0, 0.1) is 0 Å². The molecule has 0 fully saturated rings. The van der Waals surface area contributed by atoms with Crippen LogP contribution in [0.5, 0.6) is 5.75 Å². The van der Waals surface area contributed by atoms with Crippen LogP contribution in [0.4, 0.5) is 18.9 Å². The molecule has 110 valence electrons. The number of aliphatic hydroxyl groups excluding tert-OH is 1. The van der Waals surface area contributed by atoms with Gasteiger partial charge in [0.1, 0.15) is 5.75 Å². The minimum Gasteiger partial charge on any atom is -0.406 e. The first-order valence-corrected chi connectivity index (χ1v) is 5.94. The number of benzene rings is 2. The predicted molar refractivity (Wildman–Crippen MR) is 69.0 cm³/mol. The van der Waals surface area contributed by atoms with Gasteiger partial charge in [-0.3, -0.25) is 0 Å². The summed E-state index contributed by atoms with van der Waals surface area (Å²) >= 11 is 0. The molecule has 0 heterocycles. The van der Waals surface area contributed by atoms with Gasteiger partial charge in [0, 0.05) is 5.56 Å². The lowest BCUT2D eigenvalue weighted by atomic mass is 10.2. The minimum absolute atomic E-state index is 0.309. The van der Waals surface area contributed by atoms with Crippen LogP contribution in [-0.2, 0) is 0 Å². The number of aliphatic hydroxyl groups is 1. The lowest BCUT2D eigenvalue weighted by Gasteiger charge is -2.10. The fraction of sp³-hybridized carbons (Fsp3) is 0.143. The fourth-order valence-electron chi connectivity index (χ4n) is 1.52. The molecular formula is C14H11F3N2O2. The molecular weight excluding hydrogens is 285 g/mol. The first-order chi connectivity index (χ1) is 9.94. The summed E-state index contributed by atoms with van der Waals surface area (Å²) in [6.07, 6.45) is -6.00. The standard InChI is InChI=1S/C14H11F3N2O2/c15-14(16,17)21-12-8-6-10(7-9-12)13(20)19-18-11-4-2-1-3-5-11/h1-9,13,20H. The van der Waals surface area contributed by atoms with Gasteiger partial charge < -0.3 is 9.84 Å². The van der Waals surface area contributed by atoms with Gasteiger partial charge in [-0.15, -0.1) is 13.2 Å². The Bertz CT molecular complexity index is 598. The Morgan fingerprint density at radius 3 is 2.14 bits per heavy atom. The molecule has 2 rings (SSSR count). The molecule has 0 spiro atoms. The molecule has 0 bridgehead atoms. The number of alkyl halides is 3. The van der Waals surface area contributed by atoms with E-state index in [2.05, 4.69) is 15.0 Å². The maximum absolute atomic E-state index is 12.0. The fourth-order valence-corrected chi connectivity index (χ4v) is 1.52. The Labute approximate surface area is 118 Å². The second-order valence-corrected chi connectivity index (χ2v) is 4.04. The van der Waals surface area contributed by atoms with Gasteiger partial charge in [-0.2, -0.15) is 10.2 Å². The Hall–Kier alpha value is -2.41. The summed E-state index contributed by atoms with van der Waals surface area (Å²) in [7, 11) is 0. The highest BCUT2D eigenvalue weighted by Crippen LogP contribution is 2.25. The molecule has 2 aromatic rings. The highest BCUT2D eigenvalue weighted by atomic mass is 19.4. The third-order valence-electron chi connectivity index (χ3n) is 2.45. The van der Waals surface area contributed by atoms with Crippen LogP contribution in [0.2, 0.25) is 0 Å². The van der Waals surface area contributed by atoms with Crippen LogP contribution in [0.25, 0.3) is 0 Å². The SMILES string of the molecule is OC(N=Nc1ccccc1)c1ccc(OC(F)(F)F)cc1. The molecule has 0 aliphatic rings. The van der Waals surface area contributed by atoms with Crippen molar-refractivity contribution in [3.05, 3.63) is 60.2 Å². The number of hydrogen-bond acceptors (Lipinski definition) is 4. The average Bonchev–Trinajstić information content (AvgIpc) is 2.45. The summed E-state index contributed by atoms with van der Waals surface area (Å²) in [6.45, 7) is 0. The quantitative estimate of drug-likeness (QED) is 0.852. The molecule has 7 heteroatoms. The maximum atomic E-state index is 12.0. The van der Waals surface area contributed by atoms with Gasteiger partial charge >= 0.3 is 6.36 Å². The Kier molecular flexibility index (Phi) is 4.54. The third-order valence-corrected chi connectivity index (χ3v) is 2.45. The van der Waals surface area contributed by atoms with Gasteiger partial charge in [0.05, 0.1) is 5.69 Å². The van der Waals surface area contributed by atoms with Crippen LogP contribution >= 0.6 is 0 Å². The number of ether oxygens (including phenoxy) is 1. The van der Waals surface area contributed by atoms with Crippen LogP contribution in [-0.4, -0.2) is 11.5 Å². The van der Waals surface area contributed by atoms with Crippen LogP contribution in [0.1, 0.15) is 11.8 Å². The predicted octanol–water partition coefficient (Wildman–Crippen LogP) is 4.36. The van der Waals surface area contributed by atoms with Gasteiger partial charge in [0.2, 0.25) is 0 Å². The van der Waals surface area contributed by atoms with Crippen molar-refractivity contribution < 1.29 is 23.0 Å². The average molecular weight is 296 g/mol. The number of nitrogens with zero attached hydrogens (tertiary/aromatic N) is 2. The largest absolute Gasteiger partial charge is 0.573 e. The molecule has 0 aromatic heterocycles. The van der Waals surface area contributed by atoms with E-state index in [-0.39, 0.29) is 5.75 Å². The molecule has 21 heavy (non-hydrogen) atoms. The molecule has 0 saturated heterocycles. The van der Waals surface area contributed by atoms with E-state index >= 15 is 0 Å². The highest BCUT2D eigenvalue weighted by Gasteiger charge is 2.31. The van der Waals surface area contributed by atoms with Crippen molar-refractivity contribution in [1.82, 2.24) is 0 Å². The molecule has 0 aliphatic heterocycles. The van der Waals surface area contributed by atoms with Crippen LogP contribution < -0.4 is 4.74 Å². The summed E-state index contributed by atoms with van der Waals surface area (Å²) in [5.41, 5.74) is 0.873. The molecule has 0 amide bonds. The lowest BCUT2D eigenvalue weighted by molar-refractivity contribution is -0.274. The zero-order valence-electron chi connectivity index (χ0n) is 10.7. The van der Waals surface area contributed by atoms with Crippen molar-refractivity contribution in [1.29, 1.82) is 0 Å². The van der Waals surface area contributed by atoms with E-state index in [1.165, 1.54) is 12.1 Å². The van der Waals surface area contributed by atoms with E-state index in [0.29, 0.717) is 11.3 Å². The monoisotopic (exact) mass is 296 g/mol. The van der Waals surface area contributed by atoms with Crippen molar-refractivity contribution in [2.75, 3.05) is 0 Å². The smallest absolute Gasteiger partial charge is 0.406 e. The highest BCUT2D eigenvalue weighted by molar-refractivity contribution is 5.35. The van der Waals surface area contributed by atoms with Crippen molar-refractivity contribution >= 4 is 5.69 Å². The van der Waals surface area contributed by atoms with Crippen molar-refractivity contribution in [3.63, 3.8) is 0 Å². The number of hydrogen-bond donors (Lipinski definition) is 1.